The zero-order valence-corrected chi connectivity index (χ0v) is 65.5. The predicted molar refractivity (Wildman–Crippen MR) is 395 cm³/mol. The summed E-state index contributed by atoms with van der Waals surface area (Å²) in [7, 11) is -9.91. The molecule has 19 heteroatoms. The number of carbonyl (C=O) groups excluding carboxylic acids is 4. The summed E-state index contributed by atoms with van der Waals surface area (Å²) in [5.74, 6) is 0.947. The van der Waals surface area contributed by atoms with Crippen molar-refractivity contribution in [2.45, 2.75) is 414 Å². The first kappa shape index (κ1) is 95.1. The highest BCUT2D eigenvalue weighted by Crippen LogP contribution is 2.45. The monoisotopic (exact) mass is 1420 g/mol. The van der Waals surface area contributed by atoms with Crippen molar-refractivity contribution in [3.63, 3.8) is 0 Å². The number of carbonyl (C=O) groups is 4. The SMILES string of the molecule is CCC(C)CCCCCCCCCCCCC(=O)O[C@H](COC(=O)CCCCCCCCCC(C)C)COP(=O)(O)OCC(O)COP(=O)(O)OC[C@@H](COC(=O)CCCCCCCCCCCCCCCCCCCCC(C)C)OC(=O)CCCCCCCCCCCC(C)C. The Balaban J connectivity index is 5.18. The Labute approximate surface area is 594 Å². The molecule has 97 heavy (non-hydrogen) atoms. The summed E-state index contributed by atoms with van der Waals surface area (Å²) in [5.41, 5.74) is 0. The van der Waals surface area contributed by atoms with Crippen LogP contribution in [0.5, 0.6) is 0 Å². The summed E-state index contributed by atoms with van der Waals surface area (Å²) in [6.45, 7) is 14.2. The number of hydrogen-bond acceptors (Lipinski definition) is 15. The van der Waals surface area contributed by atoms with Crippen molar-refractivity contribution < 1.29 is 80.2 Å². The van der Waals surface area contributed by atoms with Crippen molar-refractivity contribution in [1.82, 2.24) is 0 Å². The minimum absolute atomic E-state index is 0.105. The minimum Gasteiger partial charge on any atom is -0.462 e. The van der Waals surface area contributed by atoms with Crippen LogP contribution < -0.4 is 0 Å². The minimum atomic E-state index is -4.96. The Kier molecular flexibility index (Phi) is 65.9. The van der Waals surface area contributed by atoms with E-state index in [0.717, 1.165) is 114 Å². The van der Waals surface area contributed by atoms with Crippen molar-refractivity contribution in [2.24, 2.45) is 23.7 Å². The number of esters is 4. The van der Waals surface area contributed by atoms with Gasteiger partial charge in [0, 0.05) is 25.7 Å². The van der Waals surface area contributed by atoms with Gasteiger partial charge in [-0.15, -0.1) is 0 Å². The number of phosphoric ester groups is 2. The summed E-state index contributed by atoms with van der Waals surface area (Å²) in [6.07, 6.45) is 52.9. The van der Waals surface area contributed by atoms with Crippen LogP contribution in [0.25, 0.3) is 0 Å². The van der Waals surface area contributed by atoms with E-state index in [4.69, 9.17) is 37.0 Å². The van der Waals surface area contributed by atoms with Crippen LogP contribution in [-0.4, -0.2) is 96.7 Å². The Morgan fingerprint density at radius 3 is 0.732 bits per heavy atom. The standard InChI is InChI=1S/C78H152O17P2/c1-9-71(8)57-49-41-33-25-20-21-27-35-44-52-60-77(82)94-74(65-89-76(81)59-51-43-37-29-32-40-48-56-70(6)7)67-93-97(86,87)91-63-72(79)62-90-96(84,85)92-66-73(95-78(83)61-53-45-36-28-22-24-31-39-47-55-69(4)5)64-88-75(80)58-50-42-34-26-19-17-15-13-11-10-12-14-16-18-23-30-38-46-54-68(2)3/h68-74,79H,9-67H2,1-8H3,(H,84,85)(H,86,87)/t71?,72?,73-,74-/m1/s1. The van der Waals surface area contributed by atoms with E-state index in [1.807, 2.05) is 0 Å². The van der Waals surface area contributed by atoms with Gasteiger partial charge in [-0.25, -0.2) is 9.13 Å². The molecule has 0 rings (SSSR count). The lowest BCUT2D eigenvalue weighted by atomic mass is 9.99. The summed E-state index contributed by atoms with van der Waals surface area (Å²) >= 11 is 0. The molecule has 0 aromatic heterocycles. The van der Waals surface area contributed by atoms with E-state index in [9.17, 15) is 43.2 Å². The molecule has 0 saturated carbocycles. The van der Waals surface area contributed by atoms with Gasteiger partial charge < -0.3 is 33.8 Å². The van der Waals surface area contributed by atoms with E-state index in [1.165, 1.54) is 193 Å². The first-order valence-electron chi connectivity index (χ1n) is 40.2. The van der Waals surface area contributed by atoms with Crippen molar-refractivity contribution >= 4 is 39.5 Å². The fourth-order valence-corrected chi connectivity index (χ4v) is 13.5. The summed E-state index contributed by atoms with van der Waals surface area (Å²) in [6, 6.07) is 0. The smallest absolute Gasteiger partial charge is 0.462 e. The maximum Gasteiger partial charge on any atom is 0.472 e. The van der Waals surface area contributed by atoms with Gasteiger partial charge in [0.25, 0.3) is 0 Å². The maximum atomic E-state index is 13.1. The molecule has 0 saturated heterocycles. The quantitative estimate of drug-likeness (QED) is 0.0222. The van der Waals surface area contributed by atoms with Gasteiger partial charge in [0.05, 0.1) is 26.4 Å². The van der Waals surface area contributed by atoms with Gasteiger partial charge in [-0.2, -0.15) is 0 Å². The fourth-order valence-electron chi connectivity index (χ4n) is 11.9. The summed E-state index contributed by atoms with van der Waals surface area (Å²) in [5, 5.41) is 10.6. The number of unbranched alkanes of at least 4 members (excludes halogenated alkanes) is 40. The van der Waals surface area contributed by atoms with Crippen molar-refractivity contribution in [2.75, 3.05) is 39.6 Å². The third-order valence-electron chi connectivity index (χ3n) is 18.4. The molecule has 0 heterocycles. The molecule has 0 aliphatic carbocycles. The molecule has 576 valence electrons. The highest BCUT2D eigenvalue weighted by atomic mass is 31.2. The second kappa shape index (κ2) is 67.2. The number of ether oxygens (including phenoxy) is 4. The lowest BCUT2D eigenvalue weighted by molar-refractivity contribution is -0.161. The molecule has 17 nitrogen and oxygen atoms in total. The average molecular weight is 1420 g/mol. The van der Waals surface area contributed by atoms with Crippen LogP contribution in [0.15, 0.2) is 0 Å². The van der Waals surface area contributed by atoms with Crippen LogP contribution in [0, 0.1) is 23.7 Å². The summed E-state index contributed by atoms with van der Waals surface area (Å²) in [4.78, 5) is 72.8. The van der Waals surface area contributed by atoms with E-state index in [2.05, 4.69) is 55.4 Å². The highest BCUT2D eigenvalue weighted by molar-refractivity contribution is 7.47. The number of hydrogen-bond donors (Lipinski definition) is 3. The third kappa shape index (κ3) is 70.9. The van der Waals surface area contributed by atoms with Crippen molar-refractivity contribution in [1.29, 1.82) is 0 Å². The fraction of sp³-hybridized carbons (Fsp3) is 0.949. The second-order valence-electron chi connectivity index (χ2n) is 29.8. The number of aliphatic hydroxyl groups is 1. The molecule has 0 radical (unpaired) electrons. The average Bonchev–Trinajstić information content (AvgIpc) is 1.20. The van der Waals surface area contributed by atoms with Gasteiger partial charge in [-0.3, -0.25) is 37.3 Å². The predicted octanol–water partition coefficient (Wildman–Crippen LogP) is 22.8. The van der Waals surface area contributed by atoms with E-state index in [-0.39, 0.29) is 25.7 Å². The molecule has 6 atom stereocenters. The Morgan fingerprint density at radius 1 is 0.289 bits per heavy atom. The highest BCUT2D eigenvalue weighted by Gasteiger charge is 2.30. The Hall–Kier alpha value is -1.94. The Bertz CT molecular complexity index is 1900. The number of rotatable bonds is 75. The second-order valence-corrected chi connectivity index (χ2v) is 32.7. The van der Waals surface area contributed by atoms with Crippen molar-refractivity contribution in [3.05, 3.63) is 0 Å². The topological polar surface area (TPSA) is 237 Å². The number of aliphatic hydroxyl groups excluding tert-OH is 1. The van der Waals surface area contributed by atoms with Gasteiger partial charge in [-0.1, -0.05) is 344 Å². The molecule has 0 spiro atoms. The van der Waals surface area contributed by atoms with Crippen molar-refractivity contribution in [3.8, 4) is 0 Å². The molecule has 0 aromatic rings. The molecular weight excluding hydrogens is 1270 g/mol. The maximum absolute atomic E-state index is 13.1. The molecular formula is C78H152O17P2. The lowest BCUT2D eigenvalue weighted by Crippen LogP contribution is -2.30. The van der Waals surface area contributed by atoms with E-state index in [1.54, 1.807) is 0 Å². The Morgan fingerprint density at radius 2 is 0.495 bits per heavy atom. The first-order valence-corrected chi connectivity index (χ1v) is 43.2. The molecule has 4 unspecified atom stereocenters. The molecule has 0 aromatic carbocycles. The zero-order valence-electron chi connectivity index (χ0n) is 63.7. The summed E-state index contributed by atoms with van der Waals surface area (Å²) < 4.78 is 68.5. The van der Waals surface area contributed by atoms with Crippen LogP contribution in [-0.2, 0) is 65.4 Å². The van der Waals surface area contributed by atoms with Crippen LogP contribution in [0.2, 0.25) is 0 Å². The molecule has 0 aliphatic rings. The van der Waals surface area contributed by atoms with Gasteiger partial charge in [0.2, 0.25) is 0 Å². The normalized spacial score (nSPS) is 14.4. The van der Waals surface area contributed by atoms with Gasteiger partial charge in [0.1, 0.15) is 19.3 Å². The van der Waals surface area contributed by atoms with E-state index in [0.29, 0.717) is 31.6 Å². The van der Waals surface area contributed by atoms with Crippen LogP contribution in [0.4, 0.5) is 0 Å². The molecule has 0 amide bonds. The van der Waals surface area contributed by atoms with E-state index < -0.39 is 97.5 Å². The molecule has 0 fully saturated rings. The van der Waals surface area contributed by atoms with Crippen LogP contribution in [0.3, 0.4) is 0 Å². The first-order chi connectivity index (χ1) is 46.6. The van der Waals surface area contributed by atoms with Gasteiger partial charge in [0.15, 0.2) is 12.2 Å². The third-order valence-corrected chi connectivity index (χ3v) is 20.3. The zero-order chi connectivity index (χ0) is 71.7. The largest absolute Gasteiger partial charge is 0.472 e. The molecule has 0 bridgehead atoms. The number of phosphoric acid groups is 2. The van der Waals surface area contributed by atoms with Gasteiger partial charge >= 0.3 is 39.5 Å². The lowest BCUT2D eigenvalue weighted by Gasteiger charge is -2.21. The molecule has 0 aliphatic heterocycles. The molecule has 3 N–H and O–H groups in total. The van der Waals surface area contributed by atoms with Crippen LogP contribution in [0.1, 0.15) is 396 Å². The van der Waals surface area contributed by atoms with Crippen LogP contribution >= 0.6 is 15.6 Å². The van der Waals surface area contributed by atoms with Gasteiger partial charge in [-0.05, 0) is 49.4 Å². The van der Waals surface area contributed by atoms with E-state index >= 15 is 0 Å².